The van der Waals surface area contributed by atoms with Gasteiger partial charge in [-0.3, -0.25) is 4.79 Å². The number of hydrogen-bond donors (Lipinski definition) is 2. The van der Waals surface area contributed by atoms with E-state index >= 15 is 0 Å². The zero-order valence-corrected chi connectivity index (χ0v) is 17.0. The Morgan fingerprint density at radius 1 is 1.28 bits per heavy atom. The SMILES string of the molecule is CCCNc1cc(N2CCC[C@@H](CCC(=O)NCc3ccc(F)cc3)C2)ncn1. The third-order valence-corrected chi connectivity index (χ3v) is 5.23. The summed E-state index contributed by atoms with van der Waals surface area (Å²) in [5, 5.41) is 6.23. The predicted octanol–water partition coefficient (Wildman–Crippen LogP) is 3.75. The number of carbonyl (C=O) groups excluding carboxylic acids is 1. The summed E-state index contributed by atoms with van der Waals surface area (Å²) >= 11 is 0. The maximum absolute atomic E-state index is 12.9. The average Bonchev–Trinajstić information content (AvgIpc) is 2.76. The topological polar surface area (TPSA) is 70.2 Å². The van der Waals surface area contributed by atoms with Crippen LogP contribution in [0.25, 0.3) is 0 Å². The summed E-state index contributed by atoms with van der Waals surface area (Å²) in [5.74, 6) is 2.06. The van der Waals surface area contributed by atoms with Crippen LogP contribution in [0, 0.1) is 11.7 Å². The molecule has 0 spiro atoms. The second kappa shape index (κ2) is 10.7. The summed E-state index contributed by atoms with van der Waals surface area (Å²) in [7, 11) is 0. The zero-order chi connectivity index (χ0) is 20.5. The van der Waals surface area contributed by atoms with Gasteiger partial charge >= 0.3 is 0 Å². The minimum Gasteiger partial charge on any atom is -0.370 e. The molecule has 1 aromatic carbocycles. The van der Waals surface area contributed by atoms with Gasteiger partial charge < -0.3 is 15.5 Å². The van der Waals surface area contributed by atoms with Crippen LogP contribution >= 0.6 is 0 Å². The second-order valence-corrected chi connectivity index (χ2v) is 7.58. The monoisotopic (exact) mass is 399 g/mol. The van der Waals surface area contributed by atoms with Gasteiger partial charge in [-0.2, -0.15) is 0 Å². The third-order valence-electron chi connectivity index (χ3n) is 5.23. The molecule has 2 heterocycles. The van der Waals surface area contributed by atoms with Crippen LogP contribution in [-0.2, 0) is 11.3 Å². The number of nitrogens with zero attached hydrogens (tertiary/aromatic N) is 3. The normalized spacial score (nSPS) is 16.5. The van der Waals surface area contributed by atoms with E-state index in [0.717, 1.165) is 62.5 Å². The highest BCUT2D eigenvalue weighted by Gasteiger charge is 2.22. The molecule has 1 aliphatic heterocycles. The van der Waals surface area contributed by atoms with Gasteiger partial charge in [-0.25, -0.2) is 14.4 Å². The van der Waals surface area contributed by atoms with Gasteiger partial charge in [-0.05, 0) is 49.3 Å². The van der Waals surface area contributed by atoms with Gasteiger partial charge in [0.1, 0.15) is 23.8 Å². The van der Waals surface area contributed by atoms with Gasteiger partial charge in [0, 0.05) is 38.7 Å². The molecule has 0 bridgehead atoms. The summed E-state index contributed by atoms with van der Waals surface area (Å²) in [6.07, 6.45) is 6.26. The fourth-order valence-corrected chi connectivity index (χ4v) is 3.61. The van der Waals surface area contributed by atoms with Crippen molar-refractivity contribution < 1.29 is 9.18 Å². The molecule has 2 N–H and O–H groups in total. The highest BCUT2D eigenvalue weighted by atomic mass is 19.1. The summed E-state index contributed by atoms with van der Waals surface area (Å²) < 4.78 is 12.9. The van der Waals surface area contributed by atoms with E-state index in [0.29, 0.717) is 18.9 Å². The third kappa shape index (κ3) is 6.69. The molecule has 1 aromatic heterocycles. The Hall–Kier alpha value is -2.70. The lowest BCUT2D eigenvalue weighted by molar-refractivity contribution is -0.121. The predicted molar refractivity (Wildman–Crippen MR) is 113 cm³/mol. The van der Waals surface area contributed by atoms with Crippen molar-refractivity contribution in [1.29, 1.82) is 0 Å². The highest BCUT2D eigenvalue weighted by Crippen LogP contribution is 2.25. The number of anilines is 2. The summed E-state index contributed by atoms with van der Waals surface area (Å²) in [4.78, 5) is 23.2. The highest BCUT2D eigenvalue weighted by molar-refractivity contribution is 5.75. The first-order chi connectivity index (χ1) is 14.1. The van der Waals surface area contributed by atoms with Gasteiger partial charge in [0.25, 0.3) is 0 Å². The molecule has 29 heavy (non-hydrogen) atoms. The van der Waals surface area contributed by atoms with E-state index in [1.165, 1.54) is 12.1 Å². The molecule has 0 radical (unpaired) electrons. The van der Waals surface area contributed by atoms with E-state index in [1.54, 1.807) is 18.5 Å². The molecule has 2 aromatic rings. The van der Waals surface area contributed by atoms with Crippen molar-refractivity contribution in [3.63, 3.8) is 0 Å². The molecule has 156 valence electrons. The van der Waals surface area contributed by atoms with E-state index in [-0.39, 0.29) is 11.7 Å². The van der Waals surface area contributed by atoms with Gasteiger partial charge in [0.05, 0.1) is 0 Å². The number of amides is 1. The average molecular weight is 400 g/mol. The number of rotatable bonds is 9. The van der Waals surface area contributed by atoms with Crippen molar-refractivity contribution in [2.24, 2.45) is 5.92 Å². The maximum Gasteiger partial charge on any atom is 0.220 e. The lowest BCUT2D eigenvalue weighted by Gasteiger charge is -2.33. The number of piperidine rings is 1. The molecular weight excluding hydrogens is 369 g/mol. The van der Waals surface area contributed by atoms with Crippen molar-refractivity contribution >= 4 is 17.5 Å². The summed E-state index contributed by atoms with van der Waals surface area (Å²) in [6.45, 7) is 5.35. The van der Waals surface area contributed by atoms with Crippen LogP contribution in [0.1, 0.15) is 44.6 Å². The molecule has 1 aliphatic rings. The molecule has 0 aliphatic carbocycles. The lowest BCUT2D eigenvalue weighted by Crippen LogP contribution is -2.36. The first-order valence-corrected chi connectivity index (χ1v) is 10.5. The zero-order valence-electron chi connectivity index (χ0n) is 17.0. The smallest absolute Gasteiger partial charge is 0.220 e. The number of hydrogen-bond acceptors (Lipinski definition) is 5. The van der Waals surface area contributed by atoms with Crippen molar-refractivity contribution in [3.8, 4) is 0 Å². The molecule has 1 amide bonds. The number of benzene rings is 1. The van der Waals surface area contributed by atoms with Crippen molar-refractivity contribution in [1.82, 2.24) is 15.3 Å². The van der Waals surface area contributed by atoms with Crippen LogP contribution in [-0.4, -0.2) is 35.5 Å². The second-order valence-electron chi connectivity index (χ2n) is 7.58. The van der Waals surface area contributed by atoms with Crippen molar-refractivity contribution in [2.45, 2.75) is 45.6 Å². The van der Waals surface area contributed by atoms with E-state index in [1.807, 2.05) is 6.07 Å². The Morgan fingerprint density at radius 2 is 2.10 bits per heavy atom. The quantitative estimate of drug-likeness (QED) is 0.672. The molecular formula is C22H30FN5O. The molecule has 7 heteroatoms. The molecule has 1 fully saturated rings. The van der Waals surface area contributed by atoms with Crippen LogP contribution < -0.4 is 15.5 Å². The minimum absolute atomic E-state index is 0.0412. The first-order valence-electron chi connectivity index (χ1n) is 10.5. The summed E-state index contributed by atoms with van der Waals surface area (Å²) in [5.41, 5.74) is 0.903. The summed E-state index contributed by atoms with van der Waals surface area (Å²) in [6, 6.07) is 8.22. The molecule has 6 nitrogen and oxygen atoms in total. The first kappa shape index (κ1) is 21.0. The largest absolute Gasteiger partial charge is 0.370 e. The Balaban J connectivity index is 1.44. The fraction of sp³-hybridized carbons (Fsp3) is 0.500. The van der Waals surface area contributed by atoms with Crippen LogP contribution in [0.3, 0.4) is 0 Å². The van der Waals surface area contributed by atoms with Crippen LogP contribution in [0.15, 0.2) is 36.7 Å². The van der Waals surface area contributed by atoms with Crippen molar-refractivity contribution in [2.75, 3.05) is 29.9 Å². The van der Waals surface area contributed by atoms with E-state index in [9.17, 15) is 9.18 Å². The lowest BCUT2D eigenvalue weighted by atomic mass is 9.93. The van der Waals surface area contributed by atoms with E-state index < -0.39 is 0 Å². The van der Waals surface area contributed by atoms with Crippen LogP contribution in [0.5, 0.6) is 0 Å². The van der Waals surface area contributed by atoms with Gasteiger partial charge in [-0.1, -0.05) is 19.1 Å². The Kier molecular flexibility index (Phi) is 7.78. The van der Waals surface area contributed by atoms with Crippen molar-refractivity contribution in [3.05, 3.63) is 48.0 Å². The molecule has 3 rings (SSSR count). The molecule has 1 atom stereocenters. The van der Waals surface area contributed by atoms with Gasteiger partial charge in [0.15, 0.2) is 0 Å². The molecule has 0 unspecified atom stereocenters. The number of halogens is 1. The number of nitrogens with one attached hydrogen (secondary N) is 2. The molecule has 1 saturated heterocycles. The van der Waals surface area contributed by atoms with Crippen LogP contribution in [0.2, 0.25) is 0 Å². The standard InChI is InChI=1S/C22H30FN5O/c1-2-11-24-20-13-21(27-16-26-20)28-12-3-4-18(15-28)7-10-22(29)25-14-17-5-8-19(23)9-6-17/h5-6,8-9,13,16,18H,2-4,7,10-12,14-15H2,1H3,(H,25,29)(H,24,26,27)/t18-/m0/s1. The Bertz CT molecular complexity index is 783. The number of carbonyl (C=O) groups is 1. The fourth-order valence-electron chi connectivity index (χ4n) is 3.61. The number of aromatic nitrogens is 2. The molecule has 0 saturated carbocycles. The van der Waals surface area contributed by atoms with E-state index in [4.69, 9.17) is 0 Å². The minimum atomic E-state index is -0.265. The maximum atomic E-state index is 12.9. The van der Waals surface area contributed by atoms with Crippen LogP contribution in [0.4, 0.5) is 16.0 Å². The Morgan fingerprint density at radius 3 is 2.90 bits per heavy atom. The van der Waals surface area contributed by atoms with Gasteiger partial charge in [0.2, 0.25) is 5.91 Å². The van der Waals surface area contributed by atoms with Gasteiger partial charge in [-0.15, -0.1) is 0 Å². The van der Waals surface area contributed by atoms with E-state index in [2.05, 4.69) is 32.4 Å². The Labute approximate surface area is 171 Å².